The van der Waals surface area contributed by atoms with E-state index in [1.807, 2.05) is 17.4 Å². The molecular weight excluding hydrogens is 543 g/mol. The van der Waals surface area contributed by atoms with Gasteiger partial charge in [0.15, 0.2) is 0 Å². The van der Waals surface area contributed by atoms with Gasteiger partial charge in [0, 0.05) is 42.0 Å². The predicted molar refractivity (Wildman–Crippen MR) is 184 cm³/mol. The van der Waals surface area contributed by atoms with Gasteiger partial charge in [0.05, 0.1) is 16.4 Å². The average molecular weight is 566 g/mol. The lowest BCUT2D eigenvalue weighted by atomic mass is 10.00. The molecule has 0 atom stereocenters. The highest BCUT2D eigenvalue weighted by Gasteiger charge is 2.19. The van der Waals surface area contributed by atoms with Gasteiger partial charge in [-0.1, -0.05) is 78.9 Å². The molecule has 0 radical (unpaired) electrons. The van der Waals surface area contributed by atoms with Gasteiger partial charge in [-0.2, -0.15) is 0 Å². The summed E-state index contributed by atoms with van der Waals surface area (Å²) in [5.41, 5.74) is 7.75. The SMILES string of the molecule is c1ccc2cc(-n3c4ccc(-c5ccc6sc7ccccc7c6c5)cc4c4c5oc6ccccc6c5ccc43)ccc2c1. The minimum Gasteiger partial charge on any atom is -0.455 e. The highest BCUT2D eigenvalue weighted by atomic mass is 32.1. The van der Waals surface area contributed by atoms with Crippen molar-refractivity contribution < 1.29 is 4.42 Å². The normalized spacial score (nSPS) is 12.2. The van der Waals surface area contributed by atoms with Crippen molar-refractivity contribution in [3.05, 3.63) is 140 Å². The summed E-state index contributed by atoms with van der Waals surface area (Å²) < 4.78 is 11.7. The Morgan fingerprint density at radius 1 is 0.465 bits per heavy atom. The van der Waals surface area contributed by atoms with Crippen LogP contribution >= 0.6 is 11.3 Å². The molecule has 43 heavy (non-hydrogen) atoms. The van der Waals surface area contributed by atoms with Gasteiger partial charge in [0.2, 0.25) is 0 Å². The summed E-state index contributed by atoms with van der Waals surface area (Å²) in [4.78, 5) is 0. The zero-order valence-electron chi connectivity index (χ0n) is 23.0. The van der Waals surface area contributed by atoms with Crippen molar-refractivity contribution in [3.8, 4) is 16.8 Å². The van der Waals surface area contributed by atoms with E-state index < -0.39 is 0 Å². The summed E-state index contributed by atoms with van der Waals surface area (Å²) in [5, 5.41) is 9.76. The maximum absolute atomic E-state index is 6.62. The Bertz CT molecular complexity index is 2740. The van der Waals surface area contributed by atoms with Gasteiger partial charge in [-0.05, 0) is 82.6 Å². The second kappa shape index (κ2) is 8.57. The Labute approximate surface area is 250 Å². The molecule has 2 nitrogen and oxygen atoms in total. The van der Waals surface area contributed by atoms with Crippen LogP contribution in [0.5, 0.6) is 0 Å². The number of thiophene rings is 1. The minimum atomic E-state index is 0.919. The smallest absolute Gasteiger partial charge is 0.145 e. The van der Waals surface area contributed by atoms with Gasteiger partial charge >= 0.3 is 0 Å². The molecule has 0 aliphatic carbocycles. The van der Waals surface area contributed by atoms with Crippen LogP contribution in [0, 0.1) is 0 Å². The van der Waals surface area contributed by atoms with E-state index in [-0.39, 0.29) is 0 Å². The monoisotopic (exact) mass is 565 g/mol. The maximum Gasteiger partial charge on any atom is 0.145 e. The molecule has 3 aromatic heterocycles. The molecule has 0 amide bonds. The summed E-state index contributed by atoms with van der Waals surface area (Å²) in [6.45, 7) is 0. The molecule has 10 rings (SSSR count). The molecule has 0 spiro atoms. The zero-order chi connectivity index (χ0) is 28.1. The van der Waals surface area contributed by atoms with Crippen LogP contribution in [-0.2, 0) is 0 Å². The van der Waals surface area contributed by atoms with Gasteiger partial charge in [-0.25, -0.2) is 0 Å². The standard InChI is InChI=1S/C40H23NOS/c1-2-8-25-21-28(16-13-24(25)7-1)41-34-18-14-26(27-15-20-38-32(22-27)30-10-4-6-12-37(30)43-38)23-33(34)39-35(41)19-17-31-29-9-3-5-11-36(29)42-40(31)39/h1-23H. The number of nitrogens with zero attached hydrogens (tertiary/aromatic N) is 1. The Hall–Kier alpha value is -5.38. The molecule has 7 aromatic carbocycles. The summed E-state index contributed by atoms with van der Waals surface area (Å²) in [6.07, 6.45) is 0. The van der Waals surface area contributed by atoms with Crippen molar-refractivity contribution in [1.29, 1.82) is 0 Å². The lowest BCUT2D eigenvalue weighted by molar-refractivity contribution is 0.673. The number of hydrogen-bond acceptors (Lipinski definition) is 2. The first-order chi connectivity index (χ1) is 21.3. The number of aromatic nitrogens is 1. The number of fused-ring (bicyclic) bond motifs is 11. The molecule has 3 heterocycles. The second-order valence-corrected chi connectivity index (χ2v) is 12.4. The Morgan fingerprint density at radius 2 is 1.19 bits per heavy atom. The van der Waals surface area contributed by atoms with Gasteiger partial charge in [0.25, 0.3) is 0 Å². The van der Waals surface area contributed by atoms with Crippen LogP contribution in [0.2, 0.25) is 0 Å². The van der Waals surface area contributed by atoms with Crippen molar-refractivity contribution >= 4 is 86.0 Å². The first-order valence-corrected chi connectivity index (χ1v) is 15.4. The van der Waals surface area contributed by atoms with Crippen molar-refractivity contribution in [2.45, 2.75) is 0 Å². The van der Waals surface area contributed by atoms with Gasteiger partial charge < -0.3 is 8.98 Å². The molecule has 0 saturated heterocycles. The molecule has 10 aromatic rings. The average Bonchev–Trinajstić information content (AvgIpc) is 3.73. The molecule has 0 unspecified atom stereocenters. The van der Waals surface area contributed by atoms with Crippen molar-refractivity contribution in [3.63, 3.8) is 0 Å². The first-order valence-electron chi connectivity index (χ1n) is 14.6. The summed E-state index contributed by atoms with van der Waals surface area (Å²) in [5.74, 6) is 0. The largest absolute Gasteiger partial charge is 0.455 e. The van der Waals surface area contributed by atoms with E-state index >= 15 is 0 Å². The third-order valence-corrected chi connectivity index (χ3v) is 10.1. The summed E-state index contributed by atoms with van der Waals surface area (Å²) >= 11 is 1.86. The lowest BCUT2D eigenvalue weighted by Crippen LogP contribution is -1.93. The van der Waals surface area contributed by atoms with E-state index in [1.54, 1.807) is 0 Å². The quantitative estimate of drug-likeness (QED) is 0.204. The van der Waals surface area contributed by atoms with E-state index in [2.05, 4.69) is 138 Å². The topological polar surface area (TPSA) is 18.1 Å². The fourth-order valence-electron chi connectivity index (χ4n) is 6.97. The number of hydrogen-bond donors (Lipinski definition) is 0. The molecule has 0 N–H and O–H groups in total. The van der Waals surface area contributed by atoms with Crippen LogP contribution in [-0.4, -0.2) is 4.57 Å². The molecular formula is C40H23NOS. The van der Waals surface area contributed by atoms with Crippen molar-refractivity contribution in [2.24, 2.45) is 0 Å². The highest BCUT2D eigenvalue weighted by molar-refractivity contribution is 7.25. The third kappa shape index (κ3) is 3.28. The Balaban J connectivity index is 1.30. The number of rotatable bonds is 2. The molecule has 3 heteroatoms. The van der Waals surface area contributed by atoms with E-state index in [1.165, 1.54) is 53.0 Å². The third-order valence-electron chi connectivity index (χ3n) is 8.97. The van der Waals surface area contributed by atoms with Crippen LogP contribution in [0.25, 0.3) is 91.5 Å². The van der Waals surface area contributed by atoms with E-state index in [4.69, 9.17) is 4.42 Å². The molecule has 0 aliphatic heterocycles. The Morgan fingerprint density at radius 3 is 2.12 bits per heavy atom. The number of furan rings is 1. The fraction of sp³-hybridized carbons (Fsp3) is 0. The number of para-hydroxylation sites is 1. The fourth-order valence-corrected chi connectivity index (χ4v) is 8.05. The van der Waals surface area contributed by atoms with Crippen LogP contribution in [0.3, 0.4) is 0 Å². The van der Waals surface area contributed by atoms with Gasteiger partial charge in [0.1, 0.15) is 11.2 Å². The van der Waals surface area contributed by atoms with Crippen molar-refractivity contribution in [2.75, 3.05) is 0 Å². The summed E-state index contributed by atoms with van der Waals surface area (Å²) in [6, 6.07) is 50.6. The van der Waals surface area contributed by atoms with Crippen LogP contribution in [0.15, 0.2) is 144 Å². The first kappa shape index (κ1) is 23.2. The Kier molecular flexibility index (Phi) is 4.63. The van der Waals surface area contributed by atoms with Crippen LogP contribution in [0.4, 0.5) is 0 Å². The lowest BCUT2D eigenvalue weighted by Gasteiger charge is -2.10. The molecule has 0 aliphatic rings. The van der Waals surface area contributed by atoms with E-state index in [0.29, 0.717) is 0 Å². The molecule has 0 bridgehead atoms. The molecule has 200 valence electrons. The van der Waals surface area contributed by atoms with Crippen molar-refractivity contribution in [1.82, 2.24) is 4.57 Å². The molecule has 0 fully saturated rings. The van der Waals surface area contributed by atoms with Gasteiger partial charge in [-0.3, -0.25) is 0 Å². The second-order valence-electron chi connectivity index (χ2n) is 11.3. The zero-order valence-corrected chi connectivity index (χ0v) is 23.9. The number of benzene rings is 7. The van der Waals surface area contributed by atoms with Gasteiger partial charge in [-0.15, -0.1) is 11.3 Å². The minimum absolute atomic E-state index is 0.919. The van der Waals surface area contributed by atoms with Crippen LogP contribution in [0.1, 0.15) is 0 Å². The van der Waals surface area contributed by atoms with E-state index in [9.17, 15) is 0 Å². The maximum atomic E-state index is 6.62. The molecule has 0 saturated carbocycles. The van der Waals surface area contributed by atoms with Crippen LogP contribution < -0.4 is 0 Å². The predicted octanol–water partition coefficient (Wildman–Crippen LogP) is 11.9. The highest BCUT2D eigenvalue weighted by Crippen LogP contribution is 2.43. The van der Waals surface area contributed by atoms with E-state index in [0.717, 1.165) is 38.5 Å². The summed E-state index contributed by atoms with van der Waals surface area (Å²) in [7, 11) is 0.